The molecule has 0 aliphatic heterocycles. The van der Waals surface area contributed by atoms with Crippen molar-refractivity contribution in [2.24, 2.45) is 7.05 Å². The molecule has 0 radical (unpaired) electrons. The maximum atomic E-state index is 12.1. The average molecular weight is 305 g/mol. The van der Waals surface area contributed by atoms with Crippen molar-refractivity contribution in [2.45, 2.75) is 31.5 Å². The quantitative estimate of drug-likeness (QED) is 0.627. The molecule has 0 aliphatic carbocycles. The van der Waals surface area contributed by atoms with Gasteiger partial charge in [-0.05, 0) is 12.0 Å². The van der Waals surface area contributed by atoms with Crippen molar-refractivity contribution < 1.29 is 9.90 Å². The molecular weight excluding hydrogens is 286 g/mol. The van der Waals surface area contributed by atoms with Gasteiger partial charge in [-0.15, -0.1) is 10.2 Å². The maximum Gasteiger partial charge on any atom is 0.191 e. The fourth-order valence-corrected chi connectivity index (χ4v) is 2.79. The number of benzene rings is 1. The Hall–Kier alpha value is -1.66. The first kappa shape index (κ1) is 15.7. The van der Waals surface area contributed by atoms with Crippen molar-refractivity contribution in [1.29, 1.82) is 0 Å². The molecule has 0 unspecified atom stereocenters. The molecule has 21 heavy (non-hydrogen) atoms. The van der Waals surface area contributed by atoms with E-state index in [1.165, 1.54) is 17.3 Å². The van der Waals surface area contributed by atoms with Crippen LogP contribution in [0.5, 0.6) is 0 Å². The van der Waals surface area contributed by atoms with Crippen LogP contribution in [0.15, 0.2) is 29.4 Å². The predicted octanol–water partition coefficient (Wildman–Crippen LogP) is 2.23. The molecule has 0 saturated carbocycles. The summed E-state index contributed by atoms with van der Waals surface area (Å²) in [6.07, 6.45) is 2.13. The molecule has 0 aliphatic rings. The first-order valence-corrected chi connectivity index (χ1v) is 7.88. The van der Waals surface area contributed by atoms with Crippen LogP contribution in [-0.4, -0.2) is 31.4 Å². The molecule has 1 N–H and O–H groups in total. The molecule has 0 atom stereocenters. The number of aliphatic hydroxyl groups is 1. The smallest absolute Gasteiger partial charge is 0.191 e. The lowest BCUT2D eigenvalue weighted by atomic mass is 10.1. The Morgan fingerprint density at radius 1 is 1.29 bits per heavy atom. The third-order valence-corrected chi connectivity index (χ3v) is 4.23. The summed E-state index contributed by atoms with van der Waals surface area (Å²) in [4.78, 5) is 12.1. The van der Waals surface area contributed by atoms with E-state index in [0.717, 1.165) is 12.8 Å². The zero-order chi connectivity index (χ0) is 15.2. The molecule has 1 aromatic heterocycles. The number of aryl methyl sites for hydroxylation is 1. The van der Waals surface area contributed by atoms with E-state index in [1.807, 2.05) is 24.3 Å². The highest BCUT2D eigenvalue weighted by Gasteiger charge is 2.12. The molecule has 6 heteroatoms. The van der Waals surface area contributed by atoms with Gasteiger partial charge in [0, 0.05) is 12.6 Å². The van der Waals surface area contributed by atoms with E-state index in [1.54, 1.807) is 11.6 Å². The zero-order valence-corrected chi connectivity index (χ0v) is 13.1. The Morgan fingerprint density at radius 2 is 2.00 bits per heavy atom. The summed E-state index contributed by atoms with van der Waals surface area (Å²) < 4.78 is 1.70. The molecule has 2 aromatic rings. The second-order valence-corrected chi connectivity index (χ2v) is 5.72. The van der Waals surface area contributed by atoms with Gasteiger partial charge in [0.25, 0.3) is 0 Å². The van der Waals surface area contributed by atoms with E-state index in [-0.39, 0.29) is 12.4 Å². The van der Waals surface area contributed by atoms with Gasteiger partial charge in [-0.2, -0.15) is 0 Å². The van der Waals surface area contributed by atoms with Gasteiger partial charge in [-0.3, -0.25) is 4.79 Å². The van der Waals surface area contributed by atoms with Crippen LogP contribution in [0.4, 0.5) is 0 Å². The summed E-state index contributed by atoms with van der Waals surface area (Å²) in [6.45, 7) is 1.98. The molecule has 1 aromatic carbocycles. The van der Waals surface area contributed by atoms with Gasteiger partial charge in [0.2, 0.25) is 0 Å². The lowest BCUT2D eigenvalue weighted by molar-refractivity contribution is 0.102. The number of Topliss-reactive ketones (excluding diaryl/α,β-unsaturated/α-hetero) is 1. The number of hydrogen-bond donors (Lipinski definition) is 1. The number of aliphatic hydroxyl groups excluding tert-OH is 1. The molecule has 0 spiro atoms. The van der Waals surface area contributed by atoms with Crippen molar-refractivity contribution in [2.75, 3.05) is 5.75 Å². The van der Waals surface area contributed by atoms with E-state index in [2.05, 4.69) is 17.1 Å². The maximum absolute atomic E-state index is 12.1. The zero-order valence-electron chi connectivity index (χ0n) is 12.2. The number of thioether (sulfide) groups is 1. The topological polar surface area (TPSA) is 68.0 Å². The third-order valence-electron chi connectivity index (χ3n) is 3.21. The SMILES string of the molecule is CCCc1ccc(C(=O)CSc2nnc(CO)n2C)cc1. The Labute approximate surface area is 128 Å². The number of carbonyl (C=O) groups is 1. The first-order chi connectivity index (χ1) is 10.2. The molecule has 112 valence electrons. The molecule has 0 saturated heterocycles. The molecule has 5 nitrogen and oxygen atoms in total. The van der Waals surface area contributed by atoms with E-state index < -0.39 is 0 Å². The van der Waals surface area contributed by atoms with Crippen LogP contribution < -0.4 is 0 Å². The van der Waals surface area contributed by atoms with Gasteiger partial charge in [-0.25, -0.2) is 0 Å². The Kier molecular flexibility index (Phi) is 5.52. The minimum absolute atomic E-state index is 0.0663. The monoisotopic (exact) mass is 305 g/mol. The number of nitrogens with zero attached hydrogens (tertiary/aromatic N) is 3. The van der Waals surface area contributed by atoms with Crippen LogP contribution in [0.25, 0.3) is 0 Å². The highest BCUT2D eigenvalue weighted by Crippen LogP contribution is 2.18. The number of rotatable bonds is 7. The van der Waals surface area contributed by atoms with Crippen LogP contribution in [-0.2, 0) is 20.1 Å². The summed E-state index contributed by atoms with van der Waals surface area (Å²) in [5, 5.41) is 17.5. The molecule has 0 bridgehead atoms. The number of hydrogen-bond acceptors (Lipinski definition) is 5. The second kappa shape index (κ2) is 7.38. The van der Waals surface area contributed by atoms with Gasteiger partial charge < -0.3 is 9.67 Å². The van der Waals surface area contributed by atoms with E-state index in [4.69, 9.17) is 5.11 Å². The summed E-state index contributed by atoms with van der Waals surface area (Å²) in [5.74, 6) is 0.871. The average Bonchev–Trinajstić information content (AvgIpc) is 2.86. The molecule has 1 heterocycles. The molecule has 0 fully saturated rings. The Morgan fingerprint density at radius 3 is 2.57 bits per heavy atom. The number of aromatic nitrogens is 3. The molecule has 2 rings (SSSR count). The highest BCUT2D eigenvalue weighted by molar-refractivity contribution is 7.99. The molecular formula is C15H19N3O2S. The summed E-state index contributed by atoms with van der Waals surface area (Å²) in [6, 6.07) is 7.77. The van der Waals surface area contributed by atoms with Gasteiger partial charge in [0.15, 0.2) is 16.8 Å². The van der Waals surface area contributed by atoms with Gasteiger partial charge >= 0.3 is 0 Å². The van der Waals surface area contributed by atoms with Crippen LogP contribution >= 0.6 is 11.8 Å². The minimum Gasteiger partial charge on any atom is -0.388 e. The van der Waals surface area contributed by atoms with Gasteiger partial charge in [0.1, 0.15) is 6.61 Å². The van der Waals surface area contributed by atoms with E-state index in [0.29, 0.717) is 22.3 Å². The van der Waals surface area contributed by atoms with E-state index >= 15 is 0 Å². The van der Waals surface area contributed by atoms with Crippen LogP contribution in [0.3, 0.4) is 0 Å². The molecule has 0 amide bonds. The lowest BCUT2D eigenvalue weighted by Crippen LogP contribution is -2.04. The van der Waals surface area contributed by atoms with Crippen LogP contribution in [0, 0.1) is 0 Å². The van der Waals surface area contributed by atoms with E-state index in [9.17, 15) is 4.79 Å². The minimum atomic E-state index is -0.156. The van der Waals surface area contributed by atoms with Crippen molar-refractivity contribution >= 4 is 17.5 Å². The summed E-state index contributed by atoms with van der Waals surface area (Å²) >= 11 is 1.33. The predicted molar refractivity (Wildman–Crippen MR) is 82.4 cm³/mol. The first-order valence-electron chi connectivity index (χ1n) is 6.89. The lowest BCUT2D eigenvalue weighted by Gasteiger charge is -2.04. The van der Waals surface area contributed by atoms with Gasteiger partial charge in [0.05, 0.1) is 5.75 Å². The largest absolute Gasteiger partial charge is 0.388 e. The number of ketones is 1. The normalized spacial score (nSPS) is 10.8. The second-order valence-electron chi connectivity index (χ2n) is 4.77. The summed E-state index contributed by atoms with van der Waals surface area (Å²) in [5.41, 5.74) is 1.97. The van der Waals surface area contributed by atoms with Gasteiger partial charge in [-0.1, -0.05) is 49.4 Å². The van der Waals surface area contributed by atoms with Crippen LogP contribution in [0.2, 0.25) is 0 Å². The van der Waals surface area contributed by atoms with Crippen molar-refractivity contribution in [1.82, 2.24) is 14.8 Å². The van der Waals surface area contributed by atoms with Crippen molar-refractivity contribution in [3.05, 3.63) is 41.2 Å². The van der Waals surface area contributed by atoms with Crippen molar-refractivity contribution in [3.8, 4) is 0 Å². The Bertz CT molecular complexity index is 608. The number of carbonyl (C=O) groups excluding carboxylic acids is 1. The summed E-state index contributed by atoms with van der Waals surface area (Å²) in [7, 11) is 1.78. The van der Waals surface area contributed by atoms with Crippen LogP contribution in [0.1, 0.15) is 35.1 Å². The fourth-order valence-electron chi connectivity index (χ4n) is 1.97. The third kappa shape index (κ3) is 3.92. The Balaban J connectivity index is 1.96. The fraction of sp³-hybridized carbons (Fsp3) is 0.400. The van der Waals surface area contributed by atoms with Crippen molar-refractivity contribution in [3.63, 3.8) is 0 Å². The highest BCUT2D eigenvalue weighted by atomic mass is 32.2. The standard InChI is InChI=1S/C15H19N3O2S/c1-3-4-11-5-7-12(8-6-11)13(20)10-21-15-17-16-14(9-19)18(15)2/h5-8,19H,3-4,9-10H2,1-2H3.